The lowest BCUT2D eigenvalue weighted by molar-refractivity contribution is 0.0600. The van der Waals surface area contributed by atoms with Gasteiger partial charge in [0, 0.05) is 18.7 Å². The van der Waals surface area contributed by atoms with Crippen LogP contribution in [0.5, 0.6) is 5.75 Å². The van der Waals surface area contributed by atoms with Crippen molar-refractivity contribution in [2.24, 2.45) is 5.92 Å². The summed E-state index contributed by atoms with van der Waals surface area (Å²) in [6.45, 7) is 1.52. The minimum Gasteiger partial charge on any atom is -0.497 e. The third kappa shape index (κ3) is 4.04. The molecule has 2 aromatic carbocycles. The molecule has 0 N–H and O–H groups in total. The maximum Gasteiger partial charge on any atom is 0.337 e. The van der Waals surface area contributed by atoms with Gasteiger partial charge in [0.2, 0.25) is 0 Å². The van der Waals surface area contributed by atoms with Gasteiger partial charge in [-0.05, 0) is 60.7 Å². The summed E-state index contributed by atoms with van der Waals surface area (Å²) < 4.78 is 9.86. The Morgan fingerprint density at radius 3 is 2.27 bits per heavy atom. The average Bonchev–Trinajstić information content (AvgIpc) is 3.16. The number of ether oxygens (including phenoxy) is 2. The number of carbonyl (C=O) groups is 2. The van der Waals surface area contributed by atoms with Crippen LogP contribution in [0.2, 0.25) is 0 Å². The van der Waals surface area contributed by atoms with Gasteiger partial charge in [-0.3, -0.25) is 4.79 Å². The standard InChI is InChI=1S/C21H23NO4/c1-25-19-9-3-15(4-10-19)13-16-11-12-22(14-16)20(23)17-5-7-18(8-6-17)21(24)26-2/h3-10,16H,11-14H2,1-2H3. The zero-order chi connectivity index (χ0) is 18.5. The second kappa shape index (κ2) is 8.04. The van der Waals surface area contributed by atoms with Crippen LogP contribution in [-0.4, -0.2) is 44.1 Å². The van der Waals surface area contributed by atoms with E-state index in [0.29, 0.717) is 17.0 Å². The number of esters is 1. The minimum absolute atomic E-state index is 0.0126. The molecule has 2 aromatic rings. The maximum atomic E-state index is 12.7. The van der Waals surface area contributed by atoms with Gasteiger partial charge in [-0.1, -0.05) is 12.1 Å². The predicted molar refractivity (Wildman–Crippen MR) is 98.5 cm³/mol. The first-order valence-corrected chi connectivity index (χ1v) is 8.71. The van der Waals surface area contributed by atoms with Crippen molar-refractivity contribution < 1.29 is 19.1 Å². The molecule has 0 bridgehead atoms. The van der Waals surface area contributed by atoms with Crippen LogP contribution < -0.4 is 4.74 Å². The Kier molecular flexibility index (Phi) is 5.56. The number of carbonyl (C=O) groups excluding carboxylic acids is 2. The fraction of sp³-hybridized carbons (Fsp3) is 0.333. The number of amides is 1. The molecule has 0 saturated carbocycles. The summed E-state index contributed by atoms with van der Waals surface area (Å²) in [6, 6.07) is 14.7. The second-order valence-electron chi connectivity index (χ2n) is 6.53. The zero-order valence-corrected chi connectivity index (χ0v) is 15.1. The highest BCUT2D eigenvalue weighted by atomic mass is 16.5. The van der Waals surface area contributed by atoms with Crippen LogP contribution in [0.15, 0.2) is 48.5 Å². The molecule has 1 heterocycles. The van der Waals surface area contributed by atoms with E-state index in [1.165, 1.54) is 12.7 Å². The Morgan fingerprint density at radius 2 is 1.65 bits per heavy atom. The largest absolute Gasteiger partial charge is 0.497 e. The van der Waals surface area contributed by atoms with Crippen LogP contribution in [0, 0.1) is 5.92 Å². The molecule has 26 heavy (non-hydrogen) atoms. The summed E-state index contributed by atoms with van der Waals surface area (Å²) in [5.74, 6) is 0.928. The SMILES string of the molecule is COC(=O)c1ccc(C(=O)N2CCC(Cc3ccc(OC)cc3)C2)cc1. The van der Waals surface area contributed by atoms with Crippen molar-refractivity contribution in [3.05, 3.63) is 65.2 Å². The van der Waals surface area contributed by atoms with E-state index in [-0.39, 0.29) is 5.91 Å². The highest BCUT2D eigenvalue weighted by molar-refractivity contribution is 5.96. The number of methoxy groups -OCH3 is 2. The fourth-order valence-electron chi connectivity index (χ4n) is 3.33. The van der Waals surface area contributed by atoms with E-state index in [9.17, 15) is 9.59 Å². The van der Waals surface area contributed by atoms with E-state index in [1.54, 1.807) is 31.4 Å². The van der Waals surface area contributed by atoms with Gasteiger partial charge in [-0.2, -0.15) is 0 Å². The third-order valence-corrected chi connectivity index (χ3v) is 4.81. The minimum atomic E-state index is -0.398. The molecule has 1 fully saturated rings. The predicted octanol–water partition coefficient (Wildman–Crippen LogP) is 3.19. The smallest absolute Gasteiger partial charge is 0.337 e. The Labute approximate surface area is 153 Å². The van der Waals surface area contributed by atoms with Crippen LogP contribution >= 0.6 is 0 Å². The number of likely N-dealkylation sites (tertiary alicyclic amines) is 1. The van der Waals surface area contributed by atoms with Gasteiger partial charge < -0.3 is 14.4 Å². The third-order valence-electron chi connectivity index (χ3n) is 4.81. The Balaban J connectivity index is 1.58. The van der Waals surface area contributed by atoms with Gasteiger partial charge in [0.25, 0.3) is 5.91 Å². The number of rotatable bonds is 5. The molecule has 5 heteroatoms. The number of hydrogen-bond acceptors (Lipinski definition) is 4. The van der Waals surface area contributed by atoms with E-state index in [2.05, 4.69) is 16.9 Å². The fourth-order valence-corrected chi connectivity index (χ4v) is 3.33. The maximum absolute atomic E-state index is 12.7. The first-order valence-electron chi connectivity index (χ1n) is 8.71. The van der Waals surface area contributed by atoms with Crippen LogP contribution in [0.3, 0.4) is 0 Å². The zero-order valence-electron chi connectivity index (χ0n) is 15.1. The number of hydrogen-bond donors (Lipinski definition) is 0. The summed E-state index contributed by atoms with van der Waals surface area (Å²) in [5, 5.41) is 0. The van der Waals surface area contributed by atoms with Crippen LogP contribution in [0.1, 0.15) is 32.7 Å². The van der Waals surface area contributed by atoms with E-state index in [4.69, 9.17) is 4.74 Å². The number of benzene rings is 2. The summed E-state index contributed by atoms with van der Waals surface area (Å²) in [7, 11) is 3.00. The first kappa shape index (κ1) is 18.0. The van der Waals surface area contributed by atoms with E-state index in [0.717, 1.165) is 31.7 Å². The molecule has 0 radical (unpaired) electrons. The van der Waals surface area contributed by atoms with Crippen LogP contribution in [0.25, 0.3) is 0 Å². The molecular formula is C21H23NO4. The second-order valence-corrected chi connectivity index (χ2v) is 6.53. The van der Waals surface area contributed by atoms with Crippen molar-refractivity contribution in [3.63, 3.8) is 0 Å². The lowest BCUT2D eigenvalue weighted by Crippen LogP contribution is -2.29. The number of nitrogens with zero attached hydrogens (tertiary/aromatic N) is 1. The first-order chi connectivity index (χ1) is 12.6. The van der Waals surface area contributed by atoms with Gasteiger partial charge in [0.05, 0.1) is 19.8 Å². The molecule has 136 valence electrons. The highest BCUT2D eigenvalue weighted by Crippen LogP contribution is 2.23. The van der Waals surface area contributed by atoms with Crippen molar-refractivity contribution in [2.75, 3.05) is 27.3 Å². The lowest BCUT2D eigenvalue weighted by Gasteiger charge is -2.17. The molecule has 5 nitrogen and oxygen atoms in total. The summed E-state index contributed by atoms with van der Waals surface area (Å²) in [4.78, 5) is 26.0. The molecule has 1 amide bonds. The molecule has 1 aliphatic rings. The summed E-state index contributed by atoms with van der Waals surface area (Å²) in [6.07, 6.45) is 1.95. The van der Waals surface area contributed by atoms with E-state index in [1.807, 2.05) is 17.0 Å². The summed E-state index contributed by atoms with van der Waals surface area (Å²) >= 11 is 0. The van der Waals surface area contributed by atoms with Gasteiger partial charge in [0.15, 0.2) is 0 Å². The molecule has 1 aliphatic heterocycles. The van der Waals surface area contributed by atoms with Crippen molar-refractivity contribution >= 4 is 11.9 Å². The van der Waals surface area contributed by atoms with Gasteiger partial charge in [0.1, 0.15) is 5.75 Å². The molecule has 0 spiro atoms. The average molecular weight is 353 g/mol. The molecule has 0 aromatic heterocycles. The van der Waals surface area contributed by atoms with Crippen LogP contribution in [-0.2, 0) is 11.2 Å². The monoisotopic (exact) mass is 353 g/mol. The highest BCUT2D eigenvalue weighted by Gasteiger charge is 2.27. The summed E-state index contributed by atoms with van der Waals surface area (Å²) in [5.41, 5.74) is 2.30. The van der Waals surface area contributed by atoms with Crippen molar-refractivity contribution in [1.82, 2.24) is 4.90 Å². The molecule has 0 aliphatic carbocycles. The molecule has 1 unspecified atom stereocenters. The van der Waals surface area contributed by atoms with Gasteiger partial charge in [-0.25, -0.2) is 4.79 Å². The quantitative estimate of drug-likeness (QED) is 0.775. The normalized spacial score (nSPS) is 16.4. The van der Waals surface area contributed by atoms with Crippen molar-refractivity contribution in [3.8, 4) is 5.75 Å². The topological polar surface area (TPSA) is 55.8 Å². The molecule has 3 rings (SSSR count). The van der Waals surface area contributed by atoms with Crippen molar-refractivity contribution in [2.45, 2.75) is 12.8 Å². The Morgan fingerprint density at radius 1 is 1.00 bits per heavy atom. The van der Waals surface area contributed by atoms with Crippen LogP contribution in [0.4, 0.5) is 0 Å². The molecule has 1 atom stereocenters. The van der Waals surface area contributed by atoms with Gasteiger partial charge >= 0.3 is 5.97 Å². The van der Waals surface area contributed by atoms with E-state index >= 15 is 0 Å². The Hall–Kier alpha value is -2.82. The van der Waals surface area contributed by atoms with Crippen molar-refractivity contribution in [1.29, 1.82) is 0 Å². The molecule has 1 saturated heterocycles. The van der Waals surface area contributed by atoms with Gasteiger partial charge in [-0.15, -0.1) is 0 Å². The lowest BCUT2D eigenvalue weighted by atomic mass is 9.99. The van der Waals surface area contributed by atoms with E-state index < -0.39 is 5.97 Å². The Bertz CT molecular complexity index is 768. The molecular weight excluding hydrogens is 330 g/mol.